The van der Waals surface area contributed by atoms with Crippen molar-refractivity contribution in [3.63, 3.8) is 0 Å². The van der Waals surface area contributed by atoms with Gasteiger partial charge in [-0.05, 0) is 83.6 Å². The highest BCUT2D eigenvalue weighted by atomic mass is 16.5. The van der Waals surface area contributed by atoms with Gasteiger partial charge in [-0.25, -0.2) is 0 Å². The van der Waals surface area contributed by atoms with Crippen molar-refractivity contribution < 1.29 is 33.3 Å². The molecule has 0 aromatic heterocycles. The standard InChI is InChI=1S/C45H44N4O7/c1-29-13-42(53-3)44(20-38(29)46-23-37-18-34-10-6-8-12-41(34)49(37)28-52)55-26-31-14-30(24-50)15-32(16-31)27-56-45-21-39(35(25-51)19-43(45)54-4)47-22-36-17-33-9-5-7-11-40(33)48(36)2/h5-16,19-21,23-25,28,36-37,47H,17-18,22,26-27H2,1-4H3/b46-23-/t36?,37-/m0/s1. The normalized spacial score (nSPS) is 15.6. The number of ether oxygens (including phenoxy) is 4. The van der Waals surface area contributed by atoms with Crippen LogP contribution in [0.25, 0.3) is 0 Å². The monoisotopic (exact) mass is 752 g/mol. The summed E-state index contributed by atoms with van der Waals surface area (Å²) < 4.78 is 23.8. The average molecular weight is 753 g/mol. The summed E-state index contributed by atoms with van der Waals surface area (Å²) in [6, 6.07) is 28.8. The first-order valence-electron chi connectivity index (χ1n) is 18.4. The van der Waals surface area contributed by atoms with Gasteiger partial charge in [0.05, 0.1) is 32.0 Å². The van der Waals surface area contributed by atoms with Crippen molar-refractivity contribution in [1.29, 1.82) is 0 Å². The molecule has 56 heavy (non-hydrogen) atoms. The second kappa shape index (κ2) is 16.8. The van der Waals surface area contributed by atoms with E-state index in [1.807, 2.05) is 55.5 Å². The fraction of sp³-hybridized carbons (Fsp3) is 0.244. The molecule has 11 heteroatoms. The highest BCUT2D eigenvalue weighted by molar-refractivity contribution is 5.90. The number of anilines is 3. The number of carbonyl (C=O) groups is 3. The third-order valence-corrected chi connectivity index (χ3v) is 10.4. The molecule has 0 saturated carbocycles. The minimum atomic E-state index is -0.203. The summed E-state index contributed by atoms with van der Waals surface area (Å²) in [7, 11) is 5.19. The van der Waals surface area contributed by atoms with Crippen LogP contribution in [0.2, 0.25) is 0 Å². The van der Waals surface area contributed by atoms with E-state index in [-0.39, 0.29) is 25.3 Å². The molecule has 0 bridgehead atoms. The van der Waals surface area contributed by atoms with Crippen molar-refractivity contribution in [2.75, 3.05) is 42.9 Å². The third kappa shape index (κ3) is 7.93. The van der Waals surface area contributed by atoms with Gasteiger partial charge in [-0.2, -0.15) is 0 Å². The van der Waals surface area contributed by atoms with Crippen LogP contribution in [0.5, 0.6) is 23.0 Å². The van der Waals surface area contributed by atoms with Crippen LogP contribution < -0.4 is 34.1 Å². The van der Waals surface area contributed by atoms with Crippen molar-refractivity contribution in [1.82, 2.24) is 0 Å². The molecule has 0 saturated heterocycles. The highest BCUT2D eigenvalue weighted by Crippen LogP contribution is 2.38. The van der Waals surface area contributed by atoms with Crippen LogP contribution in [-0.4, -0.2) is 65.1 Å². The molecule has 7 rings (SSSR count). The maximum absolute atomic E-state index is 12.1. The van der Waals surface area contributed by atoms with Crippen molar-refractivity contribution in [3.05, 3.63) is 130 Å². The van der Waals surface area contributed by atoms with Crippen LogP contribution in [0.1, 0.15) is 48.5 Å². The lowest BCUT2D eigenvalue weighted by molar-refractivity contribution is -0.107. The molecule has 0 spiro atoms. The molecule has 5 aromatic carbocycles. The highest BCUT2D eigenvalue weighted by Gasteiger charge is 2.28. The molecule has 2 aliphatic heterocycles. The minimum absolute atomic E-state index is 0.126. The van der Waals surface area contributed by atoms with Crippen LogP contribution >= 0.6 is 0 Å². The van der Waals surface area contributed by atoms with E-state index < -0.39 is 0 Å². The molecule has 2 atom stereocenters. The number of benzene rings is 5. The van der Waals surface area contributed by atoms with Gasteiger partial charge in [-0.15, -0.1) is 0 Å². The van der Waals surface area contributed by atoms with Crippen molar-refractivity contribution in [2.24, 2.45) is 4.99 Å². The Labute approximate surface area is 326 Å². The molecular formula is C45H44N4O7. The number of likely N-dealkylation sites (N-methyl/N-ethyl adjacent to an activating group) is 1. The fourth-order valence-electron chi connectivity index (χ4n) is 7.42. The van der Waals surface area contributed by atoms with E-state index in [0.717, 1.165) is 53.3 Å². The SMILES string of the molecule is COc1cc(C)c(/N=C\[C@@H]2Cc3ccccc3N2C=O)cc1OCc1cc(C=O)cc(COc2cc(NCC3Cc4ccccc4N3C)c(C=O)cc2OC)c1. The summed E-state index contributed by atoms with van der Waals surface area (Å²) in [5, 5.41) is 3.46. The van der Waals surface area contributed by atoms with E-state index in [1.54, 1.807) is 42.5 Å². The third-order valence-electron chi connectivity index (χ3n) is 10.4. The van der Waals surface area contributed by atoms with Gasteiger partial charge in [-0.3, -0.25) is 19.4 Å². The molecule has 1 unspecified atom stereocenters. The van der Waals surface area contributed by atoms with Gasteiger partial charge in [0.2, 0.25) is 6.41 Å². The number of rotatable bonds is 16. The number of para-hydroxylation sites is 2. The molecule has 1 amide bonds. The van der Waals surface area contributed by atoms with Crippen LogP contribution in [0.3, 0.4) is 0 Å². The first-order chi connectivity index (χ1) is 27.3. The Hall–Kier alpha value is -6.62. The number of aliphatic imine (C=N–C) groups is 1. The summed E-state index contributed by atoms with van der Waals surface area (Å²) in [5.74, 6) is 1.89. The lowest BCUT2D eigenvalue weighted by atomic mass is 10.1. The number of aryl methyl sites for hydroxylation is 1. The number of amides is 1. The maximum Gasteiger partial charge on any atom is 0.214 e. The van der Waals surface area contributed by atoms with Crippen LogP contribution in [0.15, 0.2) is 96.0 Å². The Morgan fingerprint density at radius 1 is 0.750 bits per heavy atom. The summed E-state index contributed by atoms with van der Waals surface area (Å²) in [6.45, 7) is 2.82. The van der Waals surface area contributed by atoms with E-state index in [4.69, 9.17) is 23.9 Å². The van der Waals surface area contributed by atoms with E-state index in [0.29, 0.717) is 58.5 Å². The van der Waals surface area contributed by atoms with Crippen LogP contribution in [0, 0.1) is 6.92 Å². The van der Waals surface area contributed by atoms with Crippen LogP contribution in [0.4, 0.5) is 22.7 Å². The van der Waals surface area contributed by atoms with Gasteiger partial charge < -0.3 is 34.1 Å². The number of hydrogen-bond acceptors (Lipinski definition) is 10. The van der Waals surface area contributed by atoms with E-state index in [9.17, 15) is 14.4 Å². The molecule has 0 aliphatic carbocycles. The van der Waals surface area contributed by atoms with Gasteiger partial charge in [-0.1, -0.05) is 36.4 Å². The van der Waals surface area contributed by atoms with Crippen molar-refractivity contribution in [2.45, 2.75) is 45.1 Å². The number of fused-ring (bicyclic) bond motifs is 2. The fourth-order valence-corrected chi connectivity index (χ4v) is 7.42. The Bertz CT molecular complexity index is 2290. The zero-order valence-electron chi connectivity index (χ0n) is 31.9. The number of carbonyl (C=O) groups excluding carboxylic acids is 3. The lowest BCUT2D eigenvalue weighted by Crippen LogP contribution is -2.34. The number of nitrogens with one attached hydrogen (secondary N) is 1. The molecule has 0 radical (unpaired) electrons. The summed E-state index contributed by atoms with van der Waals surface area (Å²) >= 11 is 0. The minimum Gasteiger partial charge on any atom is -0.493 e. The maximum atomic E-state index is 12.1. The summed E-state index contributed by atoms with van der Waals surface area (Å²) in [6.07, 6.45) is 5.80. The summed E-state index contributed by atoms with van der Waals surface area (Å²) in [5.41, 5.74) is 9.12. The van der Waals surface area contributed by atoms with Gasteiger partial charge >= 0.3 is 0 Å². The van der Waals surface area contributed by atoms with E-state index in [1.165, 1.54) is 18.4 Å². The average Bonchev–Trinajstić information content (AvgIpc) is 3.76. The molecule has 0 fully saturated rings. The smallest absolute Gasteiger partial charge is 0.214 e. The predicted octanol–water partition coefficient (Wildman–Crippen LogP) is 7.56. The Balaban J connectivity index is 1.04. The molecule has 2 aliphatic rings. The first-order valence-corrected chi connectivity index (χ1v) is 18.4. The number of aldehydes is 2. The van der Waals surface area contributed by atoms with E-state index >= 15 is 0 Å². The van der Waals surface area contributed by atoms with Crippen LogP contribution in [-0.2, 0) is 30.8 Å². The van der Waals surface area contributed by atoms with Gasteiger partial charge in [0.1, 0.15) is 19.5 Å². The van der Waals surface area contributed by atoms with Crippen molar-refractivity contribution in [3.8, 4) is 23.0 Å². The topological polar surface area (TPSA) is 119 Å². The molecule has 5 aromatic rings. The second-order valence-electron chi connectivity index (χ2n) is 13.9. The Morgan fingerprint density at radius 2 is 1.39 bits per heavy atom. The largest absolute Gasteiger partial charge is 0.493 e. The molecular weight excluding hydrogens is 709 g/mol. The van der Waals surface area contributed by atoms with Gasteiger partial charge in [0.25, 0.3) is 0 Å². The zero-order chi connectivity index (χ0) is 39.2. The quantitative estimate of drug-likeness (QED) is 0.0805. The zero-order valence-corrected chi connectivity index (χ0v) is 31.9. The lowest BCUT2D eigenvalue weighted by Gasteiger charge is -2.24. The second-order valence-corrected chi connectivity index (χ2v) is 13.9. The molecule has 1 N–H and O–H groups in total. The predicted molar refractivity (Wildman–Crippen MR) is 218 cm³/mol. The number of methoxy groups -OCH3 is 2. The van der Waals surface area contributed by atoms with Gasteiger partial charge in [0.15, 0.2) is 29.3 Å². The number of hydrogen-bond donors (Lipinski definition) is 1. The van der Waals surface area contributed by atoms with Crippen molar-refractivity contribution >= 4 is 47.9 Å². The van der Waals surface area contributed by atoms with Gasteiger partial charge in [0, 0.05) is 66.5 Å². The summed E-state index contributed by atoms with van der Waals surface area (Å²) in [4.78, 5) is 44.8. The Morgan fingerprint density at radius 3 is 2.04 bits per heavy atom. The van der Waals surface area contributed by atoms with E-state index in [2.05, 4.69) is 35.5 Å². The molecule has 286 valence electrons. The Kier molecular flexibility index (Phi) is 11.3. The molecule has 11 nitrogen and oxygen atoms in total. The number of nitrogens with zero attached hydrogens (tertiary/aromatic N) is 3. The molecule has 2 heterocycles. The first kappa shape index (κ1) is 37.7.